The van der Waals surface area contributed by atoms with E-state index >= 15 is 0 Å². The zero-order valence-corrected chi connectivity index (χ0v) is 11.4. The number of hydrogen-bond donors (Lipinski definition) is 0. The number of fused-ring (bicyclic) bond motifs is 3. The van der Waals surface area contributed by atoms with Crippen molar-refractivity contribution in [2.75, 3.05) is 6.61 Å². The van der Waals surface area contributed by atoms with Gasteiger partial charge in [-0.25, -0.2) is 4.98 Å². The lowest BCUT2D eigenvalue weighted by Gasteiger charge is -2.28. The van der Waals surface area contributed by atoms with Crippen LogP contribution in [0.15, 0.2) is 29.3 Å². The highest BCUT2D eigenvalue weighted by molar-refractivity contribution is 5.98. The zero-order chi connectivity index (χ0) is 14.2. The average molecular weight is 282 g/mol. The Kier molecular flexibility index (Phi) is 2.86. The van der Waals surface area contributed by atoms with Crippen LogP contribution in [0.1, 0.15) is 25.3 Å². The van der Waals surface area contributed by atoms with Gasteiger partial charge in [-0.05, 0) is 12.8 Å². The van der Waals surface area contributed by atoms with Gasteiger partial charge < -0.3 is 13.7 Å². The van der Waals surface area contributed by atoms with E-state index in [9.17, 15) is 0 Å². The van der Waals surface area contributed by atoms with Crippen LogP contribution in [-0.4, -0.2) is 27.2 Å². The first-order chi connectivity index (χ1) is 10.4. The number of nitrogens with zero attached hydrogens (tertiary/aromatic N) is 4. The minimum Gasteiger partial charge on any atom is -0.460 e. The fourth-order valence-electron chi connectivity index (χ4n) is 2.97. The predicted octanol–water partition coefficient (Wildman–Crippen LogP) is 2.81. The topological polar surface area (TPSA) is 76.9 Å². The third kappa shape index (κ3) is 1.98. The van der Waals surface area contributed by atoms with Crippen molar-refractivity contribution in [2.24, 2.45) is 0 Å². The van der Waals surface area contributed by atoms with Crippen molar-refractivity contribution < 1.29 is 9.15 Å². The minimum atomic E-state index is 0.0614. The molecular formula is C15H14N4O2. The smallest absolute Gasteiger partial charge is 0.178 e. The van der Waals surface area contributed by atoms with Gasteiger partial charge in [-0.1, -0.05) is 0 Å². The lowest BCUT2D eigenvalue weighted by molar-refractivity contribution is -0.00765. The summed E-state index contributed by atoms with van der Waals surface area (Å²) in [6.45, 7) is 0.600. The van der Waals surface area contributed by atoms with Crippen LogP contribution in [0.4, 0.5) is 0 Å². The van der Waals surface area contributed by atoms with Gasteiger partial charge >= 0.3 is 0 Å². The number of rotatable bonds is 2. The van der Waals surface area contributed by atoms with Crippen LogP contribution in [0.2, 0.25) is 0 Å². The number of hydrogen-bond acceptors (Lipinski definition) is 5. The van der Waals surface area contributed by atoms with E-state index in [1.807, 2.05) is 12.4 Å². The molecule has 0 saturated carbocycles. The largest absolute Gasteiger partial charge is 0.460 e. The molecular weight excluding hydrogens is 268 g/mol. The molecule has 21 heavy (non-hydrogen) atoms. The summed E-state index contributed by atoms with van der Waals surface area (Å²) in [5.41, 5.74) is 3.40. The van der Waals surface area contributed by atoms with Gasteiger partial charge in [0.15, 0.2) is 5.58 Å². The maximum Gasteiger partial charge on any atom is 0.178 e. The summed E-state index contributed by atoms with van der Waals surface area (Å²) in [4.78, 5) is 8.74. The number of imidazole rings is 1. The summed E-state index contributed by atoms with van der Waals surface area (Å²) in [5.74, 6) is 0. The Labute approximate surface area is 121 Å². The van der Waals surface area contributed by atoms with E-state index in [4.69, 9.17) is 14.4 Å². The average Bonchev–Trinajstić information content (AvgIpc) is 3.14. The third-order valence-electron chi connectivity index (χ3n) is 4.07. The minimum absolute atomic E-state index is 0.0614. The van der Waals surface area contributed by atoms with Crippen LogP contribution in [0.25, 0.3) is 22.1 Å². The fourth-order valence-corrected chi connectivity index (χ4v) is 2.97. The summed E-state index contributed by atoms with van der Waals surface area (Å²) in [6, 6.07) is 4.25. The lowest BCUT2D eigenvalue weighted by Crippen LogP contribution is -2.27. The first-order valence-corrected chi connectivity index (χ1v) is 7.04. The van der Waals surface area contributed by atoms with E-state index < -0.39 is 0 Å². The highest BCUT2D eigenvalue weighted by Crippen LogP contribution is 2.31. The Bertz CT molecular complexity index is 821. The molecule has 1 saturated heterocycles. The number of ether oxygens (including phenoxy) is 1. The molecule has 1 fully saturated rings. The lowest BCUT2D eigenvalue weighted by atomic mass is 10.0. The van der Waals surface area contributed by atoms with Crippen LogP contribution in [0.3, 0.4) is 0 Å². The third-order valence-corrected chi connectivity index (χ3v) is 4.07. The first-order valence-electron chi connectivity index (χ1n) is 7.04. The van der Waals surface area contributed by atoms with Crippen LogP contribution in [0.5, 0.6) is 0 Å². The van der Waals surface area contributed by atoms with Gasteiger partial charge in [0.05, 0.1) is 50.0 Å². The van der Waals surface area contributed by atoms with E-state index in [1.165, 1.54) is 0 Å². The van der Waals surface area contributed by atoms with Crippen molar-refractivity contribution in [3.8, 4) is 6.07 Å². The Hall–Kier alpha value is -2.39. The van der Waals surface area contributed by atoms with Gasteiger partial charge in [0.25, 0.3) is 0 Å². The second kappa shape index (κ2) is 4.86. The van der Waals surface area contributed by atoms with Crippen LogP contribution in [-0.2, 0) is 4.74 Å². The molecule has 1 aliphatic rings. The quantitative estimate of drug-likeness (QED) is 0.722. The molecule has 1 aliphatic heterocycles. The number of aromatic nitrogens is 3. The summed E-state index contributed by atoms with van der Waals surface area (Å²) >= 11 is 0. The predicted molar refractivity (Wildman–Crippen MR) is 75.5 cm³/mol. The molecule has 2 atom stereocenters. The number of nitriles is 1. The molecule has 6 nitrogen and oxygen atoms in total. The highest BCUT2D eigenvalue weighted by atomic mass is 16.5. The van der Waals surface area contributed by atoms with Gasteiger partial charge in [0.1, 0.15) is 16.6 Å². The summed E-state index contributed by atoms with van der Waals surface area (Å²) in [5, 5.41) is 8.74. The first kappa shape index (κ1) is 12.4. The molecule has 0 aliphatic carbocycles. The van der Waals surface area contributed by atoms with E-state index in [0.717, 1.165) is 35.0 Å². The monoisotopic (exact) mass is 282 g/mol. The Balaban J connectivity index is 1.71. The zero-order valence-electron chi connectivity index (χ0n) is 11.4. The Morgan fingerprint density at radius 1 is 1.33 bits per heavy atom. The van der Waals surface area contributed by atoms with Crippen molar-refractivity contribution in [3.63, 3.8) is 0 Å². The molecule has 0 amide bonds. The standard InChI is InChI=1S/C15H14N4O2/c16-5-3-11-2-1-10(8-21-11)19-9-18-13-7-17-12-4-6-20-15(12)14(13)19/h4,6-7,9-11H,1-3,8H2/t10-,11+/m0/s1. The second-order valence-corrected chi connectivity index (χ2v) is 5.33. The fraction of sp³-hybridized carbons (Fsp3) is 0.400. The number of furan rings is 1. The number of pyridine rings is 1. The van der Waals surface area contributed by atoms with Crippen molar-refractivity contribution in [3.05, 3.63) is 24.9 Å². The van der Waals surface area contributed by atoms with Crippen molar-refractivity contribution in [1.82, 2.24) is 14.5 Å². The molecule has 106 valence electrons. The van der Waals surface area contributed by atoms with Crippen LogP contribution >= 0.6 is 0 Å². The van der Waals surface area contributed by atoms with Crippen molar-refractivity contribution in [1.29, 1.82) is 5.26 Å². The molecule has 0 aromatic carbocycles. The van der Waals surface area contributed by atoms with Gasteiger partial charge in [-0.3, -0.25) is 4.98 Å². The SMILES string of the molecule is N#CC[C@H]1CC[C@H](n2cnc3cnc4ccoc4c32)CO1. The molecule has 4 heterocycles. The molecule has 3 aromatic rings. The molecule has 0 bridgehead atoms. The van der Waals surface area contributed by atoms with Gasteiger partial charge in [-0.2, -0.15) is 5.26 Å². The maximum absolute atomic E-state index is 8.74. The van der Waals surface area contributed by atoms with E-state index in [2.05, 4.69) is 20.6 Å². The van der Waals surface area contributed by atoms with Crippen molar-refractivity contribution >= 4 is 22.1 Å². The molecule has 6 heteroatoms. The summed E-state index contributed by atoms with van der Waals surface area (Å²) in [6.07, 6.45) is 7.63. The molecule has 0 radical (unpaired) electrons. The van der Waals surface area contributed by atoms with Crippen LogP contribution < -0.4 is 0 Å². The molecule has 4 rings (SSSR count). The molecule has 0 spiro atoms. The van der Waals surface area contributed by atoms with E-state index in [0.29, 0.717) is 13.0 Å². The second-order valence-electron chi connectivity index (χ2n) is 5.33. The molecule has 3 aromatic heterocycles. The molecule has 0 N–H and O–H groups in total. The molecule has 0 unspecified atom stereocenters. The summed E-state index contributed by atoms with van der Waals surface area (Å²) in [7, 11) is 0. The Morgan fingerprint density at radius 2 is 2.29 bits per heavy atom. The Morgan fingerprint density at radius 3 is 3.10 bits per heavy atom. The van der Waals surface area contributed by atoms with Gasteiger partial charge in [-0.15, -0.1) is 0 Å². The maximum atomic E-state index is 8.74. The normalized spacial score (nSPS) is 22.6. The highest BCUT2D eigenvalue weighted by Gasteiger charge is 2.25. The van der Waals surface area contributed by atoms with E-state index in [-0.39, 0.29) is 12.1 Å². The van der Waals surface area contributed by atoms with Gasteiger partial charge in [0, 0.05) is 6.07 Å². The summed E-state index contributed by atoms with van der Waals surface area (Å²) < 4.78 is 13.5. The van der Waals surface area contributed by atoms with Gasteiger partial charge in [0.2, 0.25) is 0 Å². The van der Waals surface area contributed by atoms with Crippen molar-refractivity contribution in [2.45, 2.75) is 31.4 Å². The van der Waals surface area contributed by atoms with E-state index in [1.54, 1.807) is 12.5 Å². The van der Waals surface area contributed by atoms with Crippen LogP contribution in [0, 0.1) is 11.3 Å².